The van der Waals surface area contributed by atoms with Gasteiger partial charge in [0.25, 0.3) is 0 Å². The topological polar surface area (TPSA) is 4.93 Å². The molecule has 3 rings (SSSR count). The molecule has 1 heterocycles. The summed E-state index contributed by atoms with van der Waals surface area (Å²) in [5, 5.41) is 2.53. The number of hydrogen-bond donors (Lipinski definition) is 0. The molecular weight excluding hydrogens is 345 g/mol. The van der Waals surface area contributed by atoms with Gasteiger partial charge in [0.1, 0.15) is 0 Å². The van der Waals surface area contributed by atoms with E-state index in [0.29, 0.717) is 0 Å². The Morgan fingerprint density at radius 3 is 2.11 bits per heavy atom. The fourth-order valence-electron chi connectivity index (χ4n) is 2.97. The molecule has 0 aliphatic rings. The van der Waals surface area contributed by atoms with Crippen LogP contribution in [0.1, 0.15) is 51.9 Å². The minimum absolute atomic E-state index is 0. The van der Waals surface area contributed by atoms with E-state index in [1.54, 1.807) is 0 Å². The first-order valence-electron chi connectivity index (χ1n) is 9.39. The van der Waals surface area contributed by atoms with E-state index in [9.17, 15) is 0 Å². The van der Waals surface area contributed by atoms with Crippen LogP contribution in [-0.4, -0.2) is 4.57 Å². The highest BCUT2D eigenvalue weighted by Gasteiger charge is 2.15. The van der Waals surface area contributed by atoms with Gasteiger partial charge in [0.15, 0.2) is 0 Å². The Bertz CT molecular complexity index is 870. The zero-order chi connectivity index (χ0) is 19.7. The maximum atomic E-state index is 3.79. The van der Waals surface area contributed by atoms with Gasteiger partial charge in [-0.05, 0) is 60.6 Å². The Morgan fingerprint density at radius 2 is 1.56 bits per heavy atom. The number of rotatable bonds is 3. The predicted octanol–water partition coefficient (Wildman–Crippen LogP) is 7.64. The third kappa shape index (κ3) is 5.44. The molecule has 0 saturated heterocycles. The minimum atomic E-state index is 0. The lowest BCUT2D eigenvalue weighted by Gasteiger charge is -2.11. The van der Waals surface area contributed by atoms with Gasteiger partial charge in [0.2, 0.25) is 0 Å². The summed E-state index contributed by atoms with van der Waals surface area (Å²) >= 11 is 0. The first kappa shape index (κ1) is 24.9. The monoisotopic (exact) mass is 381 g/mol. The Balaban J connectivity index is 0.00000127. The summed E-state index contributed by atoms with van der Waals surface area (Å²) in [5.74, 6) is 0. The molecule has 0 fully saturated rings. The summed E-state index contributed by atoms with van der Waals surface area (Å²) in [6.45, 7) is 16.1. The van der Waals surface area contributed by atoms with Crippen LogP contribution in [0.15, 0.2) is 61.2 Å². The molecule has 1 nitrogen and oxygen atoms in total. The molecule has 1 unspecified atom stereocenters. The van der Waals surface area contributed by atoms with Crippen LogP contribution in [0, 0.1) is 13.8 Å². The largest absolute Gasteiger partial charge is 0.309 e. The molecule has 2 aromatic carbocycles. The van der Waals surface area contributed by atoms with Gasteiger partial charge in [-0.25, -0.2) is 0 Å². The highest BCUT2D eigenvalue weighted by molar-refractivity contribution is 7.28. The van der Waals surface area contributed by atoms with E-state index in [-0.39, 0.29) is 7.43 Å². The van der Waals surface area contributed by atoms with Gasteiger partial charge in [-0.2, -0.15) is 0 Å². The van der Waals surface area contributed by atoms with Gasteiger partial charge in [0.05, 0.1) is 5.52 Å². The van der Waals surface area contributed by atoms with Crippen LogP contribution in [0.25, 0.3) is 22.7 Å². The molecule has 2 heteroatoms. The summed E-state index contributed by atoms with van der Waals surface area (Å²) in [7, 11) is 2.88. The first-order valence-corrected chi connectivity index (χ1v) is 9.97. The summed E-state index contributed by atoms with van der Waals surface area (Å²) in [6.07, 6.45) is 5.95. The molecular formula is C25H36NP. The average molecular weight is 382 g/mol. The summed E-state index contributed by atoms with van der Waals surface area (Å²) in [4.78, 5) is 0. The van der Waals surface area contributed by atoms with Crippen LogP contribution >= 0.6 is 9.24 Å². The van der Waals surface area contributed by atoms with Crippen LogP contribution in [0.5, 0.6) is 0 Å². The molecule has 0 spiro atoms. The number of aryl methyl sites for hydroxylation is 2. The van der Waals surface area contributed by atoms with Crippen LogP contribution in [0.4, 0.5) is 0 Å². The maximum Gasteiger partial charge on any atom is 0.0609 e. The van der Waals surface area contributed by atoms with E-state index < -0.39 is 0 Å². The van der Waals surface area contributed by atoms with Gasteiger partial charge in [-0.1, -0.05) is 72.1 Å². The predicted molar refractivity (Wildman–Crippen MR) is 131 cm³/mol. The molecule has 0 saturated carbocycles. The van der Waals surface area contributed by atoms with Crippen LogP contribution < -0.4 is 5.30 Å². The fraction of sp³-hybridized carbons (Fsp3) is 0.280. The van der Waals surface area contributed by atoms with E-state index in [1.165, 1.54) is 38.7 Å². The second-order valence-electron chi connectivity index (χ2n) is 5.53. The molecule has 0 aliphatic heterocycles. The number of allylic oxidation sites excluding steroid dienone is 2. The van der Waals surface area contributed by atoms with Crippen molar-refractivity contribution in [3.8, 4) is 5.69 Å². The Morgan fingerprint density at radius 1 is 0.963 bits per heavy atom. The summed E-state index contributed by atoms with van der Waals surface area (Å²) < 4.78 is 2.33. The molecule has 0 amide bonds. The van der Waals surface area contributed by atoms with Gasteiger partial charge < -0.3 is 4.57 Å². The molecule has 0 radical (unpaired) electrons. The van der Waals surface area contributed by atoms with E-state index >= 15 is 0 Å². The van der Waals surface area contributed by atoms with Crippen molar-refractivity contribution in [3.63, 3.8) is 0 Å². The second-order valence-corrected chi connectivity index (χ2v) is 6.15. The first-order chi connectivity index (χ1) is 12.6. The van der Waals surface area contributed by atoms with E-state index in [0.717, 1.165) is 0 Å². The number of hydrogen-bond acceptors (Lipinski definition) is 0. The molecule has 1 aromatic heterocycles. The SMILES string of the molecule is C.C=C/C=C\c1c(C)c2cc(C)cc(P)c2n1-c1ccccc1.CC.CC. The molecule has 1 atom stereocenters. The van der Waals surface area contributed by atoms with Crippen LogP contribution in [0.2, 0.25) is 0 Å². The Labute approximate surface area is 169 Å². The molecule has 0 N–H and O–H groups in total. The zero-order valence-corrected chi connectivity index (χ0v) is 18.2. The minimum Gasteiger partial charge on any atom is -0.309 e. The Hall–Kier alpha value is -2.11. The second kappa shape index (κ2) is 12.3. The number of para-hydroxylation sites is 1. The number of benzene rings is 2. The lowest BCUT2D eigenvalue weighted by molar-refractivity contribution is 1.10. The standard InChI is InChI=1S/C20H20NP.2C2H6.CH4/c1-4-5-11-18-15(3)17-12-14(2)13-19(22)20(17)21(18)16-9-7-6-8-10-16;2*1-2;/h4-13H,1,22H2,2-3H3;2*1-2H3;1H4/b11-5-;;;. The number of fused-ring (bicyclic) bond motifs is 1. The summed E-state index contributed by atoms with van der Waals surface area (Å²) in [5.41, 5.74) is 6.21. The van der Waals surface area contributed by atoms with Crippen molar-refractivity contribution in [1.82, 2.24) is 4.57 Å². The number of nitrogens with zero attached hydrogens (tertiary/aromatic N) is 1. The third-order valence-corrected chi connectivity index (χ3v) is 4.38. The fourth-order valence-corrected chi connectivity index (χ4v) is 3.52. The maximum absolute atomic E-state index is 3.79. The smallest absolute Gasteiger partial charge is 0.0609 e. The van der Waals surface area contributed by atoms with Crippen molar-refractivity contribution in [1.29, 1.82) is 0 Å². The van der Waals surface area contributed by atoms with Crippen molar-refractivity contribution in [2.75, 3.05) is 0 Å². The highest BCUT2D eigenvalue weighted by Crippen LogP contribution is 2.30. The summed E-state index contributed by atoms with van der Waals surface area (Å²) in [6, 6.07) is 15.0. The van der Waals surface area contributed by atoms with Gasteiger partial charge in [-0.3, -0.25) is 0 Å². The molecule has 3 aromatic rings. The van der Waals surface area contributed by atoms with Crippen molar-refractivity contribution < 1.29 is 0 Å². The Kier molecular flexibility index (Phi) is 11.3. The lowest BCUT2D eigenvalue weighted by atomic mass is 10.1. The highest BCUT2D eigenvalue weighted by atomic mass is 31.0. The van der Waals surface area contributed by atoms with E-state index in [4.69, 9.17) is 0 Å². The molecule has 27 heavy (non-hydrogen) atoms. The average Bonchev–Trinajstić information content (AvgIpc) is 2.96. The van der Waals surface area contributed by atoms with Crippen molar-refractivity contribution in [2.24, 2.45) is 0 Å². The normalized spacial score (nSPS) is 9.74. The molecule has 0 bridgehead atoms. The quantitative estimate of drug-likeness (QED) is 0.324. The van der Waals surface area contributed by atoms with Gasteiger partial charge in [-0.15, -0.1) is 9.24 Å². The van der Waals surface area contributed by atoms with Gasteiger partial charge in [0, 0.05) is 16.8 Å². The molecule has 0 aliphatic carbocycles. The molecule has 146 valence electrons. The van der Waals surface area contributed by atoms with Crippen molar-refractivity contribution in [2.45, 2.75) is 49.0 Å². The third-order valence-electron chi connectivity index (χ3n) is 3.94. The van der Waals surface area contributed by atoms with Crippen LogP contribution in [0.3, 0.4) is 0 Å². The van der Waals surface area contributed by atoms with E-state index in [1.807, 2.05) is 45.9 Å². The number of aromatic nitrogens is 1. The van der Waals surface area contributed by atoms with Crippen LogP contribution in [-0.2, 0) is 0 Å². The zero-order valence-electron chi connectivity index (χ0n) is 17.0. The van der Waals surface area contributed by atoms with Crippen molar-refractivity contribution in [3.05, 3.63) is 78.0 Å². The van der Waals surface area contributed by atoms with Crippen molar-refractivity contribution >= 4 is 31.5 Å². The van der Waals surface area contributed by atoms with Gasteiger partial charge >= 0.3 is 0 Å². The lowest BCUT2D eigenvalue weighted by Crippen LogP contribution is -2.03. The van der Waals surface area contributed by atoms with E-state index in [2.05, 4.69) is 76.7 Å².